The summed E-state index contributed by atoms with van der Waals surface area (Å²) < 4.78 is 6.67. The Balaban J connectivity index is 2.09. The molecule has 0 aliphatic heterocycles. The SMILES string of the molecule is C=C(C)C(=O)Oc1cccc(-c2nc3ccccc3s2)c1CSC. The summed E-state index contributed by atoms with van der Waals surface area (Å²) >= 11 is 3.33. The van der Waals surface area contributed by atoms with Crippen LogP contribution in [0.1, 0.15) is 12.5 Å². The number of fused-ring (bicyclic) bond motifs is 1. The van der Waals surface area contributed by atoms with E-state index >= 15 is 0 Å². The van der Waals surface area contributed by atoms with E-state index in [9.17, 15) is 4.79 Å². The molecule has 0 fully saturated rings. The molecule has 2 aromatic carbocycles. The van der Waals surface area contributed by atoms with Crippen LogP contribution in [0.3, 0.4) is 0 Å². The number of thiazole rings is 1. The maximum Gasteiger partial charge on any atom is 0.338 e. The number of nitrogens with zero attached hydrogens (tertiary/aromatic N) is 1. The number of rotatable bonds is 5. The van der Waals surface area contributed by atoms with Crippen LogP contribution in [0.2, 0.25) is 0 Å². The zero-order chi connectivity index (χ0) is 17.1. The van der Waals surface area contributed by atoms with Gasteiger partial charge in [-0.25, -0.2) is 9.78 Å². The van der Waals surface area contributed by atoms with Crippen LogP contribution in [-0.4, -0.2) is 17.2 Å². The fourth-order valence-electron chi connectivity index (χ4n) is 2.33. The quantitative estimate of drug-likeness (QED) is 0.353. The third-order valence-corrected chi connectivity index (χ3v) is 5.14. The van der Waals surface area contributed by atoms with Gasteiger partial charge in [-0.1, -0.05) is 30.8 Å². The molecule has 1 aromatic heterocycles. The van der Waals surface area contributed by atoms with Crippen molar-refractivity contribution in [2.75, 3.05) is 6.26 Å². The number of hydrogen-bond acceptors (Lipinski definition) is 5. The fraction of sp³-hybridized carbons (Fsp3) is 0.158. The van der Waals surface area contributed by atoms with Gasteiger partial charge >= 0.3 is 5.97 Å². The number of aromatic nitrogens is 1. The van der Waals surface area contributed by atoms with E-state index in [1.54, 1.807) is 30.0 Å². The minimum atomic E-state index is -0.404. The molecule has 3 nitrogen and oxygen atoms in total. The minimum Gasteiger partial charge on any atom is -0.423 e. The third kappa shape index (κ3) is 3.37. The molecule has 3 rings (SSSR count). The van der Waals surface area contributed by atoms with Crippen molar-refractivity contribution < 1.29 is 9.53 Å². The second-order valence-electron chi connectivity index (χ2n) is 5.37. The van der Waals surface area contributed by atoms with Gasteiger partial charge < -0.3 is 4.74 Å². The molecule has 0 aliphatic rings. The van der Waals surface area contributed by atoms with Crippen LogP contribution >= 0.6 is 23.1 Å². The molecule has 0 N–H and O–H groups in total. The highest BCUT2D eigenvalue weighted by atomic mass is 32.2. The fourth-order valence-corrected chi connectivity index (χ4v) is 3.93. The Labute approximate surface area is 149 Å². The van der Waals surface area contributed by atoms with Crippen molar-refractivity contribution >= 4 is 39.3 Å². The van der Waals surface area contributed by atoms with Crippen molar-refractivity contribution in [3.63, 3.8) is 0 Å². The molecule has 0 radical (unpaired) electrons. The summed E-state index contributed by atoms with van der Waals surface area (Å²) in [5.74, 6) is 0.915. The average Bonchev–Trinajstić information content (AvgIpc) is 3.00. The Morgan fingerprint density at radius 1 is 1.25 bits per heavy atom. The number of benzene rings is 2. The zero-order valence-electron chi connectivity index (χ0n) is 13.5. The van der Waals surface area contributed by atoms with E-state index in [1.807, 2.05) is 42.7 Å². The first-order valence-electron chi connectivity index (χ1n) is 7.44. The predicted octanol–water partition coefficient (Wildman–Crippen LogP) is 5.31. The van der Waals surface area contributed by atoms with E-state index in [1.165, 1.54) is 0 Å². The standard InChI is InChI=1S/C19H17NO2S2/c1-12(2)19(21)22-16-9-6-7-13(14(16)11-23-3)18-20-15-8-4-5-10-17(15)24-18/h4-10H,1,11H2,2-3H3. The Kier molecular flexibility index (Phi) is 5.02. The molecule has 1 heterocycles. The second kappa shape index (κ2) is 7.20. The molecule has 122 valence electrons. The third-order valence-electron chi connectivity index (χ3n) is 3.50. The van der Waals surface area contributed by atoms with Crippen LogP contribution < -0.4 is 4.74 Å². The molecule has 0 spiro atoms. The summed E-state index contributed by atoms with van der Waals surface area (Å²) in [5, 5.41) is 0.938. The summed E-state index contributed by atoms with van der Waals surface area (Å²) in [6.45, 7) is 5.29. The molecular weight excluding hydrogens is 338 g/mol. The highest BCUT2D eigenvalue weighted by Gasteiger charge is 2.16. The maximum atomic E-state index is 11.9. The largest absolute Gasteiger partial charge is 0.423 e. The number of carbonyl (C=O) groups excluding carboxylic acids is 1. The molecule has 0 bridgehead atoms. The molecule has 24 heavy (non-hydrogen) atoms. The Morgan fingerprint density at radius 2 is 2.04 bits per heavy atom. The van der Waals surface area contributed by atoms with E-state index in [4.69, 9.17) is 9.72 Å². The zero-order valence-corrected chi connectivity index (χ0v) is 15.2. The van der Waals surface area contributed by atoms with Crippen LogP contribution in [0, 0.1) is 0 Å². The average molecular weight is 355 g/mol. The van der Waals surface area contributed by atoms with Gasteiger partial charge in [0.2, 0.25) is 0 Å². The lowest BCUT2D eigenvalue weighted by atomic mass is 10.1. The van der Waals surface area contributed by atoms with E-state index < -0.39 is 5.97 Å². The lowest BCUT2D eigenvalue weighted by molar-refractivity contribution is -0.130. The van der Waals surface area contributed by atoms with Crippen molar-refractivity contribution in [3.8, 4) is 16.3 Å². The number of thioether (sulfide) groups is 1. The molecule has 0 atom stereocenters. The van der Waals surface area contributed by atoms with E-state index in [-0.39, 0.29) is 0 Å². The molecule has 0 amide bonds. The summed E-state index contributed by atoms with van der Waals surface area (Å²) in [6, 6.07) is 13.8. The van der Waals surface area contributed by atoms with Crippen LogP contribution in [0.25, 0.3) is 20.8 Å². The summed E-state index contributed by atoms with van der Waals surface area (Å²) in [6.07, 6.45) is 2.03. The molecule has 3 aromatic rings. The highest BCUT2D eigenvalue weighted by Crippen LogP contribution is 2.37. The number of hydrogen-bond donors (Lipinski definition) is 0. The van der Waals surface area contributed by atoms with Crippen LogP contribution in [0.15, 0.2) is 54.6 Å². The molecule has 0 unspecified atom stereocenters. The monoisotopic (exact) mass is 355 g/mol. The van der Waals surface area contributed by atoms with Crippen molar-refractivity contribution in [2.24, 2.45) is 0 Å². The lowest BCUT2D eigenvalue weighted by Crippen LogP contribution is -2.10. The first-order valence-corrected chi connectivity index (χ1v) is 9.65. The van der Waals surface area contributed by atoms with Gasteiger partial charge in [0, 0.05) is 22.5 Å². The Bertz CT molecular complexity index is 882. The van der Waals surface area contributed by atoms with Crippen molar-refractivity contribution in [1.82, 2.24) is 4.98 Å². The van der Waals surface area contributed by atoms with E-state index in [0.29, 0.717) is 11.3 Å². The number of esters is 1. The smallest absolute Gasteiger partial charge is 0.338 e. The summed E-state index contributed by atoms with van der Waals surface area (Å²) in [4.78, 5) is 16.6. The maximum absolute atomic E-state index is 11.9. The van der Waals surface area contributed by atoms with Gasteiger partial charge in [-0.3, -0.25) is 0 Å². The highest BCUT2D eigenvalue weighted by molar-refractivity contribution is 7.97. The van der Waals surface area contributed by atoms with Gasteiger partial charge in [-0.2, -0.15) is 11.8 Å². The first-order chi connectivity index (χ1) is 11.6. The van der Waals surface area contributed by atoms with Gasteiger partial charge in [0.15, 0.2) is 0 Å². The van der Waals surface area contributed by atoms with Crippen molar-refractivity contribution in [2.45, 2.75) is 12.7 Å². The Morgan fingerprint density at radius 3 is 2.75 bits per heavy atom. The minimum absolute atomic E-state index is 0.385. The summed E-state index contributed by atoms with van der Waals surface area (Å²) in [7, 11) is 0. The van der Waals surface area contributed by atoms with Gasteiger partial charge in [-0.05, 0) is 31.4 Å². The van der Waals surface area contributed by atoms with E-state index in [2.05, 4.69) is 12.6 Å². The van der Waals surface area contributed by atoms with Gasteiger partial charge in [0.05, 0.1) is 10.2 Å². The second-order valence-corrected chi connectivity index (χ2v) is 7.27. The Hall–Kier alpha value is -2.11. The van der Waals surface area contributed by atoms with Gasteiger partial charge in [-0.15, -0.1) is 11.3 Å². The van der Waals surface area contributed by atoms with Gasteiger partial charge in [0.1, 0.15) is 10.8 Å². The molecule has 0 saturated heterocycles. The van der Waals surface area contributed by atoms with Crippen molar-refractivity contribution in [3.05, 3.63) is 60.2 Å². The lowest BCUT2D eigenvalue weighted by Gasteiger charge is -2.12. The summed E-state index contributed by atoms with van der Waals surface area (Å²) in [5.41, 5.74) is 3.36. The number of ether oxygens (including phenoxy) is 1. The molecule has 0 saturated carbocycles. The molecular formula is C19H17NO2S2. The normalized spacial score (nSPS) is 10.8. The molecule has 5 heteroatoms. The van der Waals surface area contributed by atoms with Gasteiger partial charge in [0.25, 0.3) is 0 Å². The van der Waals surface area contributed by atoms with Crippen LogP contribution in [0.5, 0.6) is 5.75 Å². The first kappa shape index (κ1) is 16.7. The van der Waals surface area contributed by atoms with Crippen molar-refractivity contribution in [1.29, 1.82) is 0 Å². The number of carbonyl (C=O) groups is 1. The van der Waals surface area contributed by atoms with Crippen LogP contribution in [0.4, 0.5) is 0 Å². The predicted molar refractivity (Wildman–Crippen MR) is 103 cm³/mol. The number of para-hydroxylation sites is 1. The topological polar surface area (TPSA) is 39.2 Å². The van der Waals surface area contributed by atoms with E-state index in [0.717, 1.165) is 32.1 Å². The molecule has 0 aliphatic carbocycles. The van der Waals surface area contributed by atoms with Crippen LogP contribution in [-0.2, 0) is 10.5 Å².